The lowest BCUT2D eigenvalue weighted by molar-refractivity contribution is 0.624. The Bertz CT molecular complexity index is 1240. The zero-order chi connectivity index (χ0) is 25.0. The van der Waals surface area contributed by atoms with Crippen LogP contribution in [0.1, 0.15) is 49.1 Å². The minimum absolute atomic E-state index is 0.192. The normalized spacial score (nSPS) is 13.5. The van der Waals surface area contributed by atoms with E-state index in [2.05, 4.69) is 122 Å². The van der Waals surface area contributed by atoms with Crippen LogP contribution in [0.25, 0.3) is 0 Å². The maximum atomic E-state index is 13.4. The molecule has 2 nitrogen and oxygen atoms in total. The van der Waals surface area contributed by atoms with Crippen molar-refractivity contribution in [1.29, 1.82) is 0 Å². The van der Waals surface area contributed by atoms with Crippen molar-refractivity contribution in [2.24, 2.45) is 0 Å². The lowest BCUT2D eigenvalue weighted by atomic mass is 9.96. The number of benzene rings is 4. The molecule has 4 heteroatoms. The van der Waals surface area contributed by atoms with Gasteiger partial charge in [0.25, 0.3) is 0 Å². The van der Waals surface area contributed by atoms with E-state index in [9.17, 15) is 4.21 Å². The van der Waals surface area contributed by atoms with Crippen molar-refractivity contribution in [3.05, 3.63) is 125 Å². The topological polar surface area (TPSA) is 29.1 Å². The molecule has 0 bridgehead atoms. The summed E-state index contributed by atoms with van der Waals surface area (Å²) in [4.78, 5) is 0. The lowest BCUT2D eigenvalue weighted by Crippen LogP contribution is -2.38. The molecule has 0 aliphatic carbocycles. The van der Waals surface area contributed by atoms with Crippen LogP contribution < -0.4 is 20.6 Å². The molecule has 0 saturated carbocycles. The Kier molecular flexibility index (Phi) is 8.02. The molecule has 0 aromatic heterocycles. The molecule has 0 spiro atoms. The summed E-state index contributed by atoms with van der Waals surface area (Å²) in [5.74, 6) is 0. The summed E-state index contributed by atoms with van der Waals surface area (Å²) in [5, 5.41) is 3.89. The van der Waals surface area contributed by atoms with Crippen molar-refractivity contribution in [1.82, 2.24) is 4.72 Å². The molecule has 35 heavy (non-hydrogen) atoms. The largest absolute Gasteiger partial charge is 0.242 e. The van der Waals surface area contributed by atoms with Crippen LogP contribution in [0, 0.1) is 13.8 Å². The lowest BCUT2D eigenvalue weighted by Gasteiger charge is -2.29. The van der Waals surface area contributed by atoms with E-state index >= 15 is 0 Å². The number of hydrogen-bond donors (Lipinski definition) is 1. The van der Waals surface area contributed by atoms with Crippen LogP contribution in [0.5, 0.6) is 0 Å². The molecule has 0 aliphatic rings. The Morgan fingerprint density at radius 1 is 0.714 bits per heavy atom. The van der Waals surface area contributed by atoms with Gasteiger partial charge < -0.3 is 0 Å². The van der Waals surface area contributed by atoms with E-state index in [0.29, 0.717) is 0 Å². The Labute approximate surface area is 214 Å². The average molecular weight is 500 g/mol. The van der Waals surface area contributed by atoms with Crippen molar-refractivity contribution in [2.75, 3.05) is 0 Å². The third kappa shape index (κ3) is 6.16. The van der Waals surface area contributed by atoms with Crippen LogP contribution in [0.2, 0.25) is 0 Å². The second-order valence-corrected chi connectivity index (χ2v) is 14.1. The maximum absolute atomic E-state index is 13.4. The van der Waals surface area contributed by atoms with Gasteiger partial charge in [0.05, 0.1) is 21.8 Å². The van der Waals surface area contributed by atoms with Gasteiger partial charge in [0.1, 0.15) is 0 Å². The first-order valence-corrected chi connectivity index (χ1v) is 14.5. The first-order valence-electron chi connectivity index (χ1n) is 12.0. The van der Waals surface area contributed by atoms with Gasteiger partial charge in [-0.3, -0.25) is 0 Å². The van der Waals surface area contributed by atoms with Crippen molar-refractivity contribution >= 4 is 34.8 Å². The van der Waals surface area contributed by atoms with Gasteiger partial charge in [-0.1, -0.05) is 114 Å². The van der Waals surface area contributed by atoms with Crippen molar-refractivity contribution in [2.45, 2.75) is 45.4 Å². The highest BCUT2D eigenvalue weighted by molar-refractivity contribution is 7.84. The molecular formula is C31H34NOPS. The monoisotopic (exact) mass is 499 g/mol. The molecule has 0 aliphatic heterocycles. The predicted octanol–water partition coefficient (Wildman–Crippen LogP) is 6.20. The number of aryl methyl sites for hydroxylation is 2. The predicted molar refractivity (Wildman–Crippen MR) is 154 cm³/mol. The first kappa shape index (κ1) is 25.5. The van der Waals surface area contributed by atoms with E-state index < -0.39 is 18.9 Å². The Balaban J connectivity index is 1.93. The van der Waals surface area contributed by atoms with Gasteiger partial charge in [-0.25, -0.2) is 8.93 Å². The van der Waals surface area contributed by atoms with E-state index in [1.165, 1.54) is 32.6 Å². The molecular weight excluding hydrogens is 465 g/mol. The number of hydrogen-bond acceptors (Lipinski definition) is 1. The summed E-state index contributed by atoms with van der Waals surface area (Å²) < 4.78 is 16.6. The maximum Gasteiger partial charge on any atom is 0.0979 e. The highest BCUT2D eigenvalue weighted by Gasteiger charge is 2.29. The quantitative estimate of drug-likeness (QED) is 0.301. The second kappa shape index (κ2) is 11.0. The number of nitrogens with one attached hydrogen (secondary N) is 1. The van der Waals surface area contributed by atoms with E-state index in [0.717, 1.165) is 5.56 Å². The van der Waals surface area contributed by atoms with Crippen LogP contribution in [0.3, 0.4) is 0 Å². The van der Waals surface area contributed by atoms with E-state index in [1.807, 2.05) is 20.8 Å². The van der Waals surface area contributed by atoms with Crippen LogP contribution in [0.4, 0.5) is 0 Å². The summed E-state index contributed by atoms with van der Waals surface area (Å²) in [7, 11) is -2.03. The van der Waals surface area contributed by atoms with Crippen LogP contribution in [-0.4, -0.2) is 8.96 Å². The second-order valence-electron chi connectivity index (χ2n) is 9.92. The smallest absolute Gasteiger partial charge is 0.0979 e. The first-order chi connectivity index (χ1) is 16.7. The summed E-state index contributed by atoms with van der Waals surface area (Å²) in [5.41, 5.74) is 4.73. The average Bonchev–Trinajstić information content (AvgIpc) is 2.83. The Hall–Kier alpha value is -2.58. The van der Waals surface area contributed by atoms with Crippen LogP contribution >= 0.6 is 7.92 Å². The zero-order valence-electron chi connectivity index (χ0n) is 21.2. The minimum atomic E-state index is -1.23. The van der Waals surface area contributed by atoms with Crippen LogP contribution in [0.15, 0.2) is 103 Å². The molecule has 0 saturated heterocycles. The highest BCUT2D eigenvalue weighted by atomic mass is 32.2. The van der Waals surface area contributed by atoms with Crippen molar-refractivity contribution in [3.63, 3.8) is 0 Å². The van der Waals surface area contributed by atoms with Gasteiger partial charge in [-0.2, -0.15) is 0 Å². The van der Waals surface area contributed by atoms with Gasteiger partial charge in [-0.15, -0.1) is 0 Å². The summed E-state index contributed by atoms with van der Waals surface area (Å²) in [6.07, 6.45) is 0. The van der Waals surface area contributed by atoms with E-state index in [-0.39, 0.29) is 10.8 Å². The summed E-state index contributed by atoms with van der Waals surface area (Å²) >= 11 is 0. The van der Waals surface area contributed by atoms with E-state index in [1.54, 1.807) is 0 Å². The molecule has 4 aromatic rings. The molecule has 0 amide bonds. The summed E-state index contributed by atoms with van der Waals surface area (Å²) in [6.45, 7) is 10.3. The highest BCUT2D eigenvalue weighted by Crippen LogP contribution is 2.37. The molecule has 0 radical (unpaired) electrons. The molecule has 4 aromatic carbocycles. The third-order valence-electron chi connectivity index (χ3n) is 5.88. The van der Waals surface area contributed by atoms with E-state index in [4.69, 9.17) is 0 Å². The Morgan fingerprint density at radius 2 is 1.20 bits per heavy atom. The SMILES string of the molecule is Cc1cc(C)cc([C@H](N[S@](=O)C(C)(C)C)c2ccccc2P(c2ccccc2)c2ccccc2)c1. The molecule has 180 valence electrons. The molecule has 1 N–H and O–H groups in total. The molecule has 4 rings (SSSR count). The fourth-order valence-electron chi connectivity index (χ4n) is 4.29. The zero-order valence-corrected chi connectivity index (χ0v) is 22.9. The van der Waals surface area contributed by atoms with Gasteiger partial charge >= 0.3 is 0 Å². The molecule has 0 unspecified atom stereocenters. The summed E-state index contributed by atoms with van der Waals surface area (Å²) in [6, 6.07) is 36.6. The van der Waals surface area contributed by atoms with Gasteiger partial charge in [-0.05, 0) is 69.6 Å². The fourth-order valence-corrected chi connectivity index (χ4v) is 7.61. The Morgan fingerprint density at radius 3 is 1.71 bits per heavy atom. The van der Waals surface area contributed by atoms with Gasteiger partial charge in [0.2, 0.25) is 0 Å². The van der Waals surface area contributed by atoms with Crippen LogP contribution in [-0.2, 0) is 11.0 Å². The molecule has 0 fully saturated rings. The van der Waals surface area contributed by atoms with Crippen molar-refractivity contribution < 1.29 is 4.21 Å². The third-order valence-corrected chi connectivity index (χ3v) is 9.96. The standard InChI is InChI=1S/C31H34NOPS/c1-23-20-24(2)22-25(21-23)30(32-35(33)31(3,4)5)28-18-12-13-19-29(28)34(26-14-8-6-9-15-26)27-16-10-7-11-17-27/h6-22,30,32H,1-5H3/t30-,35+/m0/s1. The minimum Gasteiger partial charge on any atom is -0.242 e. The van der Waals surface area contributed by atoms with Gasteiger partial charge in [0, 0.05) is 0 Å². The molecule has 2 atom stereocenters. The number of rotatable bonds is 7. The van der Waals surface area contributed by atoms with Crippen molar-refractivity contribution in [3.8, 4) is 0 Å². The molecule has 0 heterocycles. The van der Waals surface area contributed by atoms with Gasteiger partial charge in [0.15, 0.2) is 0 Å². The fraction of sp³-hybridized carbons (Fsp3) is 0.226.